The van der Waals surface area contributed by atoms with E-state index in [-0.39, 0.29) is 15.5 Å². The van der Waals surface area contributed by atoms with Gasteiger partial charge in [-0.3, -0.25) is 9.36 Å². The number of alkyl halides is 4. The summed E-state index contributed by atoms with van der Waals surface area (Å²) >= 11 is 8.15. The van der Waals surface area contributed by atoms with Crippen LogP contribution in [0, 0.1) is 0 Å². The maximum absolute atomic E-state index is 13.6. The zero-order valence-corrected chi connectivity index (χ0v) is 23.2. The van der Waals surface area contributed by atoms with Crippen molar-refractivity contribution in [1.82, 2.24) is 19.7 Å². The average molecular weight is 666 g/mol. The van der Waals surface area contributed by atoms with Crippen LogP contribution in [-0.2, 0) is 28.8 Å². The first-order chi connectivity index (χ1) is 17.7. The van der Waals surface area contributed by atoms with Crippen LogP contribution in [0.3, 0.4) is 0 Å². The highest BCUT2D eigenvalue weighted by molar-refractivity contribution is 14.1. The lowest BCUT2D eigenvalue weighted by Crippen LogP contribution is -2.39. The van der Waals surface area contributed by atoms with E-state index < -0.39 is 48.6 Å². The highest BCUT2D eigenvalue weighted by Gasteiger charge is 2.36. The Hall–Kier alpha value is -3.07. The first-order valence-electron chi connectivity index (χ1n) is 11.2. The molecule has 2 aromatic carbocycles. The highest BCUT2D eigenvalue weighted by Crippen LogP contribution is 2.34. The molecular weight excluding hydrogens is 642 g/mol. The van der Waals surface area contributed by atoms with Crippen molar-refractivity contribution < 1.29 is 27.5 Å². The number of nitrogens with two attached hydrogens (primary N) is 1. The summed E-state index contributed by atoms with van der Waals surface area (Å²) in [5, 5.41) is 7.21. The summed E-state index contributed by atoms with van der Waals surface area (Å²) in [4.78, 5) is 37.3. The van der Waals surface area contributed by atoms with Crippen LogP contribution < -0.4 is 16.7 Å². The number of carbonyl (C=O) groups is 2. The third-order valence-corrected chi connectivity index (χ3v) is 5.81. The number of hydrogen-bond donors (Lipinski definition) is 2. The molecule has 0 saturated carbocycles. The molecule has 9 nitrogen and oxygen atoms in total. The van der Waals surface area contributed by atoms with E-state index in [4.69, 9.17) is 22.1 Å². The van der Waals surface area contributed by atoms with E-state index in [1.54, 1.807) is 24.3 Å². The van der Waals surface area contributed by atoms with Crippen molar-refractivity contribution in [1.29, 1.82) is 0 Å². The number of nitrogens with zero attached hydrogens (tertiary/aromatic N) is 3. The van der Waals surface area contributed by atoms with Crippen molar-refractivity contribution in [2.24, 2.45) is 5.73 Å². The third-order valence-electron chi connectivity index (χ3n) is 5.22. The summed E-state index contributed by atoms with van der Waals surface area (Å²) in [5.74, 6) is -0.538. The molecule has 0 saturated heterocycles. The Morgan fingerprint density at radius 1 is 1.16 bits per heavy atom. The van der Waals surface area contributed by atoms with Crippen LogP contribution in [0.4, 0.5) is 18.0 Å². The van der Waals surface area contributed by atoms with Gasteiger partial charge in [-0.05, 0) is 49.7 Å². The van der Waals surface area contributed by atoms with Crippen LogP contribution in [0.5, 0.6) is 0 Å². The molecule has 1 atom stereocenters. The zero-order valence-electron chi connectivity index (χ0n) is 20.3. The molecule has 1 unspecified atom stereocenters. The highest BCUT2D eigenvalue weighted by atomic mass is 127. The molecule has 0 radical (unpaired) electrons. The number of rotatable bonds is 9. The topological polar surface area (TPSA) is 121 Å². The lowest BCUT2D eigenvalue weighted by Gasteiger charge is -2.22. The van der Waals surface area contributed by atoms with Gasteiger partial charge in [0.1, 0.15) is 13.2 Å². The summed E-state index contributed by atoms with van der Waals surface area (Å²) < 4.78 is 47.5. The lowest BCUT2D eigenvalue weighted by molar-refractivity contribution is -0.139. The molecular formula is C24H24ClF3IN5O4. The van der Waals surface area contributed by atoms with Crippen molar-refractivity contribution in [2.45, 2.75) is 42.6 Å². The molecule has 0 fully saturated rings. The van der Waals surface area contributed by atoms with Gasteiger partial charge in [0.05, 0.1) is 11.6 Å². The molecule has 2 amide bonds. The van der Waals surface area contributed by atoms with E-state index in [2.05, 4.69) is 33.0 Å². The van der Waals surface area contributed by atoms with E-state index in [1.807, 2.05) is 13.8 Å². The van der Waals surface area contributed by atoms with Crippen molar-refractivity contribution in [3.63, 3.8) is 0 Å². The second kappa shape index (κ2) is 11.8. The van der Waals surface area contributed by atoms with Crippen LogP contribution in [0.1, 0.15) is 31.0 Å². The number of benzene rings is 2. The molecule has 3 aromatic rings. The van der Waals surface area contributed by atoms with E-state index in [1.165, 1.54) is 16.7 Å². The van der Waals surface area contributed by atoms with Crippen LogP contribution in [0.2, 0.25) is 5.02 Å². The van der Waals surface area contributed by atoms with Gasteiger partial charge in [-0.15, -0.1) is 5.10 Å². The Morgan fingerprint density at radius 3 is 2.37 bits per heavy atom. The minimum atomic E-state index is -4.73. The van der Waals surface area contributed by atoms with Crippen molar-refractivity contribution in [3.8, 4) is 11.4 Å². The molecule has 38 heavy (non-hydrogen) atoms. The minimum absolute atomic E-state index is 0.264. The number of primary amides is 1. The third kappa shape index (κ3) is 7.72. The number of ether oxygens (including phenoxy) is 1. The molecule has 0 bridgehead atoms. The van der Waals surface area contributed by atoms with E-state index >= 15 is 0 Å². The maximum Gasteiger partial charge on any atom is 0.416 e. The summed E-state index contributed by atoms with van der Waals surface area (Å²) in [6.45, 7) is 2.83. The molecule has 0 spiro atoms. The van der Waals surface area contributed by atoms with E-state index in [0.29, 0.717) is 16.4 Å². The van der Waals surface area contributed by atoms with Gasteiger partial charge in [-0.2, -0.15) is 13.2 Å². The molecule has 1 aromatic heterocycles. The monoisotopic (exact) mass is 665 g/mol. The predicted octanol–water partition coefficient (Wildman–Crippen LogP) is 4.55. The van der Waals surface area contributed by atoms with Gasteiger partial charge in [-0.25, -0.2) is 14.3 Å². The predicted molar refractivity (Wildman–Crippen MR) is 143 cm³/mol. The number of carbonyl (C=O) groups excluding carboxylic acids is 2. The molecule has 3 rings (SSSR count). The van der Waals surface area contributed by atoms with Gasteiger partial charge in [0.15, 0.2) is 5.82 Å². The number of hydrogen-bond acceptors (Lipinski definition) is 5. The van der Waals surface area contributed by atoms with Crippen LogP contribution in [0.15, 0.2) is 53.3 Å². The van der Waals surface area contributed by atoms with Gasteiger partial charge in [-0.1, -0.05) is 52.4 Å². The normalized spacial score (nSPS) is 12.7. The smallest absolute Gasteiger partial charge is 0.416 e. The summed E-state index contributed by atoms with van der Waals surface area (Å²) in [6.07, 6.45) is -5.96. The summed E-state index contributed by atoms with van der Waals surface area (Å²) in [5.41, 5.74) is 3.63. The second-order valence-electron chi connectivity index (χ2n) is 8.91. The standard InChI is InChI=1S/C24H24ClF3IN5O4/c1-23(2,29)13-33-20(14-7-9-15(25)10-8-14)32-34(22(33)37)11-19(35)31-18(12-38-21(30)36)16-5-3-4-6-17(16)24(26,27)28/h3-10,18H,11-13H2,1-2H3,(H2,30,36)(H,31,35). The van der Waals surface area contributed by atoms with Crippen LogP contribution in [-0.4, -0.2) is 36.4 Å². The van der Waals surface area contributed by atoms with Crippen molar-refractivity contribution in [2.75, 3.05) is 6.61 Å². The van der Waals surface area contributed by atoms with E-state index in [9.17, 15) is 27.6 Å². The fourth-order valence-corrected chi connectivity index (χ4v) is 4.15. The minimum Gasteiger partial charge on any atom is -0.447 e. The Kier molecular flexibility index (Phi) is 9.13. The fraction of sp³-hybridized carbons (Fsp3) is 0.333. The van der Waals surface area contributed by atoms with Gasteiger partial charge < -0.3 is 15.8 Å². The maximum atomic E-state index is 13.6. The second-order valence-corrected chi connectivity index (χ2v) is 12.3. The zero-order chi connectivity index (χ0) is 28.3. The van der Waals surface area contributed by atoms with Crippen LogP contribution in [0.25, 0.3) is 11.4 Å². The SMILES string of the molecule is CC(C)(I)Cn1c(-c2ccc(Cl)cc2)nn(CC(=O)NC(COC(N)=O)c2ccccc2C(F)(F)F)c1=O. The van der Waals surface area contributed by atoms with Gasteiger partial charge in [0.25, 0.3) is 0 Å². The number of nitrogens with one attached hydrogen (secondary N) is 1. The Labute approximate surface area is 234 Å². The fourth-order valence-electron chi connectivity index (χ4n) is 3.68. The largest absolute Gasteiger partial charge is 0.447 e. The molecule has 0 aliphatic heterocycles. The molecule has 0 aliphatic rings. The van der Waals surface area contributed by atoms with Gasteiger partial charge in [0.2, 0.25) is 5.91 Å². The summed E-state index contributed by atoms with van der Waals surface area (Å²) in [6, 6.07) is 9.77. The quantitative estimate of drug-likeness (QED) is 0.257. The Balaban J connectivity index is 1.95. The molecule has 14 heteroatoms. The first-order valence-corrected chi connectivity index (χ1v) is 12.6. The average Bonchev–Trinajstić information content (AvgIpc) is 3.10. The van der Waals surface area contributed by atoms with Crippen molar-refractivity contribution in [3.05, 3.63) is 75.2 Å². The van der Waals surface area contributed by atoms with E-state index in [0.717, 1.165) is 16.8 Å². The molecule has 1 heterocycles. The Morgan fingerprint density at radius 2 is 1.79 bits per heavy atom. The number of amides is 2. The van der Waals surface area contributed by atoms with Gasteiger partial charge in [0, 0.05) is 20.6 Å². The van der Waals surface area contributed by atoms with Gasteiger partial charge >= 0.3 is 18.0 Å². The Bertz CT molecular complexity index is 1370. The number of aromatic nitrogens is 3. The summed E-state index contributed by atoms with van der Waals surface area (Å²) in [7, 11) is 0. The van der Waals surface area contributed by atoms with Crippen molar-refractivity contribution >= 4 is 46.2 Å². The molecule has 3 N–H and O–H groups in total. The molecule has 204 valence electrons. The lowest BCUT2D eigenvalue weighted by atomic mass is 10.00. The van der Waals surface area contributed by atoms with Crippen LogP contribution >= 0.6 is 34.2 Å². The molecule has 0 aliphatic carbocycles. The first kappa shape index (κ1) is 29.5. The number of halogens is 5.